The van der Waals surface area contributed by atoms with Crippen LogP contribution in [0.5, 0.6) is 5.75 Å². The molecule has 0 saturated carbocycles. The molecule has 88 valence electrons. The van der Waals surface area contributed by atoms with E-state index >= 15 is 0 Å². The van der Waals surface area contributed by atoms with E-state index < -0.39 is 12.1 Å². The number of benzene rings is 1. The van der Waals surface area contributed by atoms with Crippen LogP contribution < -0.4 is 4.74 Å². The summed E-state index contributed by atoms with van der Waals surface area (Å²) in [7, 11) is 1.32. The molecule has 0 heterocycles. The Labute approximate surface area is 108 Å². The summed E-state index contributed by atoms with van der Waals surface area (Å²) >= 11 is 9.33. The van der Waals surface area contributed by atoms with Gasteiger partial charge >= 0.3 is 5.97 Å². The molecule has 16 heavy (non-hydrogen) atoms. The van der Waals surface area contributed by atoms with E-state index in [1.165, 1.54) is 7.11 Å². The molecule has 0 N–H and O–H groups in total. The Bertz CT molecular complexity index is 381. The van der Waals surface area contributed by atoms with Crippen molar-refractivity contribution in [2.75, 3.05) is 7.11 Å². The summed E-state index contributed by atoms with van der Waals surface area (Å²) in [5.41, 5.74) is 1.04. The molecule has 0 radical (unpaired) electrons. The molecule has 0 aliphatic carbocycles. The van der Waals surface area contributed by atoms with E-state index in [1.54, 1.807) is 19.1 Å². The van der Waals surface area contributed by atoms with Crippen molar-refractivity contribution in [1.82, 2.24) is 0 Å². The Morgan fingerprint density at radius 2 is 2.25 bits per heavy atom. The lowest BCUT2D eigenvalue weighted by atomic mass is 10.2. The Kier molecular flexibility index (Phi) is 5.09. The molecule has 0 aliphatic rings. The van der Waals surface area contributed by atoms with Gasteiger partial charge in [0.25, 0.3) is 0 Å². The molecular weight excluding hydrogens is 295 g/mol. The first kappa shape index (κ1) is 13.3. The molecule has 0 saturated heterocycles. The molecule has 3 nitrogen and oxygen atoms in total. The average Bonchev–Trinajstić information content (AvgIpc) is 2.30. The van der Waals surface area contributed by atoms with Crippen LogP contribution in [-0.2, 0) is 14.9 Å². The molecule has 0 spiro atoms. The monoisotopic (exact) mass is 306 g/mol. The maximum absolute atomic E-state index is 11.2. The van der Waals surface area contributed by atoms with Gasteiger partial charge in [0, 0.05) is 5.33 Å². The van der Waals surface area contributed by atoms with Gasteiger partial charge in [0.1, 0.15) is 5.75 Å². The minimum Gasteiger partial charge on any atom is -0.477 e. The van der Waals surface area contributed by atoms with Crippen molar-refractivity contribution in [3.05, 3.63) is 28.8 Å². The molecule has 1 atom stereocenters. The highest BCUT2D eigenvalue weighted by Crippen LogP contribution is 2.27. The average molecular weight is 308 g/mol. The molecule has 0 amide bonds. The van der Waals surface area contributed by atoms with E-state index in [0.29, 0.717) is 10.8 Å². The van der Waals surface area contributed by atoms with Crippen LogP contribution in [0.3, 0.4) is 0 Å². The number of carbonyl (C=O) groups excluding carboxylic acids is 1. The first-order valence-electron chi connectivity index (χ1n) is 4.67. The van der Waals surface area contributed by atoms with Gasteiger partial charge in [0.15, 0.2) is 6.10 Å². The van der Waals surface area contributed by atoms with Gasteiger partial charge in [-0.25, -0.2) is 4.79 Å². The van der Waals surface area contributed by atoms with E-state index in [9.17, 15) is 4.79 Å². The van der Waals surface area contributed by atoms with Crippen LogP contribution >= 0.6 is 27.5 Å². The topological polar surface area (TPSA) is 35.5 Å². The first-order valence-corrected chi connectivity index (χ1v) is 6.17. The highest BCUT2D eigenvalue weighted by Gasteiger charge is 2.16. The summed E-state index contributed by atoms with van der Waals surface area (Å²) in [5, 5.41) is 1.20. The van der Waals surface area contributed by atoms with Crippen LogP contribution in [0.15, 0.2) is 18.2 Å². The lowest BCUT2D eigenvalue weighted by Gasteiger charge is -2.13. The van der Waals surface area contributed by atoms with Crippen LogP contribution in [0.2, 0.25) is 5.02 Å². The first-order chi connectivity index (χ1) is 7.58. The summed E-state index contributed by atoms with van der Waals surface area (Å²) in [6.07, 6.45) is -0.669. The number of ether oxygens (including phenoxy) is 2. The molecular formula is C11H12BrClO3. The largest absolute Gasteiger partial charge is 0.477 e. The molecule has 0 fully saturated rings. The standard InChI is InChI=1S/C11H12BrClO3/c1-7(11(14)15-2)16-10-4-3-8(6-12)5-9(10)13/h3-5,7H,6H2,1-2H3/t7-/m0/s1. The van der Waals surface area contributed by atoms with E-state index in [1.807, 2.05) is 6.07 Å². The van der Waals surface area contributed by atoms with Crippen LogP contribution in [-0.4, -0.2) is 19.2 Å². The van der Waals surface area contributed by atoms with Gasteiger partial charge in [-0.05, 0) is 24.6 Å². The van der Waals surface area contributed by atoms with Crippen LogP contribution in [0, 0.1) is 0 Å². The number of alkyl halides is 1. The number of hydrogen-bond donors (Lipinski definition) is 0. The van der Waals surface area contributed by atoms with Crippen LogP contribution in [0.25, 0.3) is 0 Å². The highest BCUT2D eigenvalue weighted by molar-refractivity contribution is 9.08. The van der Waals surface area contributed by atoms with Crippen LogP contribution in [0.1, 0.15) is 12.5 Å². The quantitative estimate of drug-likeness (QED) is 0.633. The minimum absolute atomic E-state index is 0.430. The summed E-state index contributed by atoms with van der Waals surface area (Å²) in [4.78, 5) is 11.2. The third-order valence-electron chi connectivity index (χ3n) is 1.99. The fourth-order valence-electron chi connectivity index (χ4n) is 1.13. The van der Waals surface area contributed by atoms with E-state index in [0.717, 1.165) is 10.9 Å². The van der Waals surface area contributed by atoms with Crippen molar-refractivity contribution in [3.8, 4) is 5.75 Å². The second-order valence-electron chi connectivity index (χ2n) is 3.18. The number of halogens is 2. The molecule has 0 unspecified atom stereocenters. The van der Waals surface area contributed by atoms with Gasteiger partial charge in [-0.15, -0.1) is 0 Å². The molecule has 0 aromatic heterocycles. The third kappa shape index (κ3) is 3.39. The van der Waals surface area contributed by atoms with Gasteiger partial charge in [-0.2, -0.15) is 0 Å². The second kappa shape index (κ2) is 6.11. The highest BCUT2D eigenvalue weighted by atomic mass is 79.9. The Hall–Kier alpha value is -0.740. The van der Waals surface area contributed by atoms with E-state index in [4.69, 9.17) is 16.3 Å². The number of hydrogen-bond acceptors (Lipinski definition) is 3. The van der Waals surface area contributed by atoms with Crippen molar-refractivity contribution in [3.63, 3.8) is 0 Å². The predicted molar refractivity (Wildman–Crippen MR) is 66.2 cm³/mol. The van der Waals surface area contributed by atoms with Crippen molar-refractivity contribution >= 4 is 33.5 Å². The van der Waals surface area contributed by atoms with Crippen molar-refractivity contribution in [1.29, 1.82) is 0 Å². The van der Waals surface area contributed by atoms with Crippen molar-refractivity contribution in [2.45, 2.75) is 18.4 Å². The summed E-state index contributed by atoms with van der Waals surface area (Å²) < 4.78 is 9.93. The number of carbonyl (C=O) groups is 1. The van der Waals surface area contributed by atoms with Gasteiger partial charge in [-0.1, -0.05) is 33.6 Å². The van der Waals surface area contributed by atoms with E-state index in [-0.39, 0.29) is 0 Å². The summed E-state index contributed by atoms with van der Waals surface area (Å²) in [5.74, 6) is 0.0462. The fourth-order valence-corrected chi connectivity index (χ4v) is 1.72. The summed E-state index contributed by atoms with van der Waals surface area (Å²) in [6.45, 7) is 1.61. The molecule has 0 aliphatic heterocycles. The molecule has 0 bridgehead atoms. The zero-order valence-electron chi connectivity index (χ0n) is 9.00. The normalized spacial score (nSPS) is 12.0. The van der Waals surface area contributed by atoms with Gasteiger partial charge in [0.05, 0.1) is 12.1 Å². The number of methoxy groups -OCH3 is 1. The number of rotatable bonds is 4. The molecule has 1 rings (SSSR count). The predicted octanol–water partition coefficient (Wildman–Crippen LogP) is 3.18. The maximum Gasteiger partial charge on any atom is 0.346 e. The van der Waals surface area contributed by atoms with Crippen molar-refractivity contribution < 1.29 is 14.3 Å². The minimum atomic E-state index is -0.669. The number of esters is 1. The zero-order valence-corrected chi connectivity index (χ0v) is 11.3. The lowest BCUT2D eigenvalue weighted by molar-refractivity contribution is -0.147. The molecule has 1 aromatic rings. The Morgan fingerprint density at radius 3 is 2.75 bits per heavy atom. The van der Waals surface area contributed by atoms with Gasteiger partial charge in [-0.3, -0.25) is 0 Å². The van der Waals surface area contributed by atoms with E-state index in [2.05, 4.69) is 20.7 Å². The lowest BCUT2D eigenvalue weighted by Crippen LogP contribution is -2.25. The maximum atomic E-state index is 11.2. The second-order valence-corrected chi connectivity index (χ2v) is 4.15. The van der Waals surface area contributed by atoms with Crippen LogP contribution in [0.4, 0.5) is 0 Å². The smallest absolute Gasteiger partial charge is 0.346 e. The van der Waals surface area contributed by atoms with Gasteiger partial charge in [0.2, 0.25) is 0 Å². The third-order valence-corrected chi connectivity index (χ3v) is 2.93. The Balaban J connectivity index is 2.78. The summed E-state index contributed by atoms with van der Waals surface area (Å²) in [6, 6.07) is 5.40. The molecule has 1 aromatic carbocycles. The van der Waals surface area contributed by atoms with Crippen molar-refractivity contribution in [2.24, 2.45) is 0 Å². The Morgan fingerprint density at radius 1 is 1.56 bits per heavy atom. The SMILES string of the molecule is COC(=O)[C@H](C)Oc1ccc(CBr)cc1Cl. The van der Waals surface area contributed by atoms with Gasteiger partial charge < -0.3 is 9.47 Å². The zero-order chi connectivity index (χ0) is 12.1. The fraction of sp³-hybridized carbons (Fsp3) is 0.364. The molecule has 5 heteroatoms.